The van der Waals surface area contributed by atoms with Crippen molar-refractivity contribution in [2.24, 2.45) is 5.92 Å². The summed E-state index contributed by atoms with van der Waals surface area (Å²) >= 11 is 0. The van der Waals surface area contributed by atoms with Crippen molar-refractivity contribution < 1.29 is 26.4 Å². The van der Waals surface area contributed by atoms with Crippen molar-refractivity contribution in [3.8, 4) is 0 Å². The molecule has 0 saturated heterocycles. The highest BCUT2D eigenvalue weighted by atomic mass is 35.5. The molecular weight excluding hydrogens is 286 g/mol. The van der Waals surface area contributed by atoms with E-state index in [1.165, 1.54) is 5.56 Å². The van der Waals surface area contributed by atoms with Gasteiger partial charge in [0.05, 0.1) is 27.7 Å². The van der Waals surface area contributed by atoms with E-state index < -0.39 is 0 Å². The molecule has 21 heavy (non-hydrogen) atoms. The Labute approximate surface area is 135 Å². The van der Waals surface area contributed by atoms with Crippen molar-refractivity contribution >= 4 is 5.97 Å². The van der Waals surface area contributed by atoms with Gasteiger partial charge in [-0.05, 0) is 30.7 Å². The van der Waals surface area contributed by atoms with Crippen molar-refractivity contribution in [1.29, 1.82) is 0 Å². The molecule has 0 heterocycles. The molecule has 120 valence electrons. The molecular formula is C17H28ClNO2. The number of carbonyl (C=O) groups is 1. The maximum atomic E-state index is 11.6. The van der Waals surface area contributed by atoms with Crippen LogP contribution in [0.3, 0.4) is 0 Å². The van der Waals surface area contributed by atoms with Gasteiger partial charge in [0.2, 0.25) is 0 Å². The molecule has 0 N–H and O–H groups in total. The Kier molecular flexibility index (Phi) is 9.31. The average molecular weight is 314 g/mol. The second-order valence-electron chi connectivity index (χ2n) is 6.59. The predicted molar refractivity (Wildman–Crippen MR) is 82.4 cm³/mol. The number of esters is 1. The van der Waals surface area contributed by atoms with Crippen molar-refractivity contribution in [2.75, 3.05) is 34.3 Å². The SMILES string of the molecule is CC(CCOC(=O)C[N+](C)(C)C)CCc1ccccc1.[Cl-]. The molecule has 1 aromatic carbocycles. The van der Waals surface area contributed by atoms with E-state index in [0.29, 0.717) is 23.6 Å². The standard InChI is InChI=1S/C17H28NO2.ClH/c1-15(10-11-16-8-6-5-7-9-16)12-13-20-17(19)14-18(2,3)4;/h5-9,15H,10-14H2,1-4H3;1H/q+1;/p-1. The smallest absolute Gasteiger partial charge is 0.361 e. The fourth-order valence-electron chi connectivity index (χ4n) is 2.01. The van der Waals surface area contributed by atoms with Gasteiger partial charge in [-0.15, -0.1) is 0 Å². The van der Waals surface area contributed by atoms with Crippen molar-refractivity contribution in [3.63, 3.8) is 0 Å². The number of rotatable bonds is 8. The summed E-state index contributed by atoms with van der Waals surface area (Å²) in [6, 6.07) is 10.5. The molecule has 0 aliphatic rings. The first-order chi connectivity index (χ1) is 9.37. The Morgan fingerprint density at radius 1 is 1.14 bits per heavy atom. The quantitative estimate of drug-likeness (QED) is 0.495. The highest BCUT2D eigenvalue weighted by Gasteiger charge is 2.15. The predicted octanol–water partition coefficient (Wildman–Crippen LogP) is -0.101. The highest BCUT2D eigenvalue weighted by molar-refractivity contribution is 5.70. The van der Waals surface area contributed by atoms with E-state index in [1.807, 2.05) is 27.2 Å². The number of aryl methyl sites for hydroxylation is 1. The van der Waals surface area contributed by atoms with Crippen LogP contribution < -0.4 is 12.4 Å². The number of carbonyl (C=O) groups excluding carboxylic acids is 1. The zero-order valence-electron chi connectivity index (χ0n) is 13.6. The minimum Gasteiger partial charge on any atom is -1.00 e. The van der Waals surface area contributed by atoms with Gasteiger partial charge < -0.3 is 21.6 Å². The van der Waals surface area contributed by atoms with Crippen LogP contribution in [0.1, 0.15) is 25.3 Å². The minimum atomic E-state index is -0.104. The van der Waals surface area contributed by atoms with Crippen LogP contribution in [-0.4, -0.2) is 44.7 Å². The number of ether oxygens (including phenoxy) is 1. The molecule has 0 radical (unpaired) electrons. The Morgan fingerprint density at radius 2 is 1.76 bits per heavy atom. The Bertz CT molecular complexity index is 401. The Morgan fingerprint density at radius 3 is 2.33 bits per heavy atom. The van der Waals surface area contributed by atoms with E-state index in [0.717, 1.165) is 19.3 Å². The van der Waals surface area contributed by atoms with Crippen molar-refractivity contribution in [1.82, 2.24) is 0 Å². The lowest BCUT2D eigenvalue weighted by Crippen LogP contribution is -3.00. The van der Waals surface area contributed by atoms with Gasteiger partial charge in [-0.1, -0.05) is 37.3 Å². The minimum absolute atomic E-state index is 0. The number of quaternary nitrogens is 1. The number of benzene rings is 1. The third-order valence-corrected chi connectivity index (χ3v) is 3.25. The lowest BCUT2D eigenvalue weighted by atomic mass is 9.99. The lowest BCUT2D eigenvalue weighted by molar-refractivity contribution is -0.862. The molecule has 3 nitrogen and oxygen atoms in total. The van der Waals surface area contributed by atoms with E-state index in [-0.39, 0.29) is 18.4 Å². The van der Waals surface area contributed by atoms with Crippen LogP contribution in [0.15, 0.2) is 30.3 Å². The zero-order chi connectivity index (χ0) is 15.0. The summed E-state index contributed by atoms with van der Waals surface area (Å²) in [7, 11) is 5.97. The van der Waals surface area contributed by atoms with Gasteiger partial charge in [0, 0.05) is 0 Å². The summed E-state index contributed by atoms with van der Waals surface area (Å²) < 4.78 is 5.90. The zero-order valence-corrected chi connectivity index (χ0v) is 14.4. The third-order valence-electron chi connectivity index (χ3n) is 3.25. The number of halogens is 1. The van der Waals surface area contributed by atoms with Crippen molar-refractivity contribution in [3.05, 3.63) is 35.9 Å². The molecule has 1 rings (SSSR count). The first-order valence-electron chi connectivity index (χ1n) is 7.37. The van der Waals surface area contributed by atoms with Gasteiger partial charge in [0.25, 0.3) is 0 Å². The first-order valence-corrected chi connectivity index (χ1v) is 7.37. The van der Waals surface area contributed by atoms with Crippen LogP contribution in [0.4, 0.5) is 0 Å². The molecule has 0 spiro atoms. The van der Waals surface area contributed by atoms with Gasteiger partial charge in [-0.3, -0.25) is 0 Å². The summed E-state index contributed by atoms with van der Waals surface area (Å²) in [5, 5.41) is 0. The van der Waals surface area contributed by atoms with Gasteiger partial charge in [-0.2, -0.15) is 0 Å². The van der Waals surface area contributed by atoms with Crippen LogP contribution in [-0.2, 0) is 16.0 Å². The van der Waals surface area contributed by atoms with Crippen LogP contribution in [0.5, 0.6) is 0 Å². The van der Waals surface area contributed by atoms with E-state index in [2.05, 4.69) is 31.2 Å². The monoisotopic (exact) mass is 313 g/mol. The fourth-order valence-corrected chi connectivity index (χ4v) is 2.01. The number of hydrogen-bond donors (Lipinski definition) is 0. The van der Waals surface area contributed by atoms with Gasteiger partial charge in [0.15, 0.2) is 6.54 Å². The summed E-state index contributed by atoms with van der Waals surface area (Å²) in [5.41, 5.74) is 1.38. The second-order valence-corrected chi connectivity index (χ2v) is 6.59. The summed E-state index contributed by atoms with van der Waals surface area (Å²) in [5.74, 6) is 0.472. The topological polar surface area (TPSA) is 26.3 Å². The van der Waals surface area contributed by atoms with Crippen molar-refractivity contribution in [2.45, 2.75) is 26.2 Å². The molecule has 4 heteroatoms. The Hall–Kier alpha value is -1.06. The van der Waals surface area contributed by atoms with Gasteiger partial charge >= 0.3 is 5.97 Å². The summed E-state index contributed by atoms with van der Waals surface area (Å²) in [6.45, 7) is 3.18. The molecule has 0 amide bonds. The molecule has 1 atom stereocenters. The number of likely N-dealkylation sites (N-methyl/N-ethyl adjacent to an activating group) is 1. The molecule has 0 aliphatic heterocycles. The maximum Gasteiger partial charge on any atom is 0.361 e. The second kappa shape index (κ2) is 9.80. The fraction of sp³-hybridized carbons (Fsp3) is 0.588. The molecule has 0 fully saturated rings. The average Bonchev–Trinajstić information content (AvgIpc) is 2.35. The van der Waals surface area contributed by atoms with E-state index in [1.54, 1.807) is 0 Å². The molecule has 0 saturated carbocycles. The lowest BCUT2D eigenvalue weighted by Gasteiger charge is -2.22. The van der Waals surface area contributed by atoms with E-state index >= 15 is 0 Å². The van der Waals surface area contributed by atoms with Crippen LogP contribution in [0, 0.1) is 5.92 Å². The summed E-state index contributed by atoms with van der Waals surface area (Å²) in [4.78, 5) is 11.6. The van der Waals surface area contributed by atoms with Gasteiger partial charge in [-0.25, -0.2) is 4.79 Å². The molecule has 0 bridgehead atoms. The molecule has 0 aromatic heterocycles. The largest absolute Gasteiger partial charge is 1.00 e. The van der Waals surface area contributed by atoms with E-state index in [4.69, 9.17) is 4.74 Å². The normalized spacial score (nSPS) is 12.4. The van der Waals surface area contributed by atoms with Crippen LogP contribution in [0.25, 0.3) is 0 Å². The molecule has 1 aromatic rings. The van der Waals surface area contributed by atoms with Crippen LogP contribution in [0.2, 0.25) is 0 Å². The third kappa shape index (κ3) is 10.3. The maximum absolute atomic E-state index is 11.6. The highest BCUT2D eigenvalue weighted by Crippen LogP contribution is 2.12. The molecule has 1 unspecified atom stereocenters. The molecule has 0 aliphatic carbocycles. The van der Waals surface area contributed by atoms with E-state index in [9.17, 15) is 4.79 Å². The van der Waals surface area contributed by atoms with Gasteiger partial charge in [0.1, 0.15) is 0 Å². The first kappa shape index (κ1) is 19.9. The summed E-state index contributed by atoms with van der Waals surface area (Å²) in [6.07, 6.45) is 3.17. The number of hydrogen-bond acceptors (Lipinski definition) is 2. The number of nitrogens with zero attached hydrogens (tertiary/aromatic N) is 1. The Balaban J connectivity index is 0.00000400. The van der Waals surface area contributed by atoms with Crippen LogP contribution >= 0.6 is 0 Å².